The summed E-state index contributed by atoms with van der Waals surface area (Å²) in [5.74, 6) is 0. The van der Waals surface area contributed by atoms with E-state index in [4.69, 9.17) is 5.11 Å². The van der Waals surface area contributed by atoms with Crippen LogP contribution >= 0.6 is 0 Å². The number of rotatable bonds is 0. The van der Waals surface area contributed by atoms with Crippen LogP contribution in [0.5, 0.6) is 0 Å². The van der Waals surface area contributed by atoms with Crippen LogP contribution < -0.4 is 5.32 Å². The van der Waals surface area contributed by atoms with Crippen molar-refractivity contribution < 1.29 is 47.9 Å². The molecule has 2 N–H and O–H groups in total. The Morgan fingerprint density at radius 3 is 2.30 bits per heavy atom. The summed E-state index contributed by atoms with van der Waals surface area (Å²) in [4.78, 5) is 0. The minimum absolute atomic E-state index is 0. The summed E-state index contributed by atoms with van der Waals surface area (Å²) < 4.78 is 3.83. The zero-order valence-corrected chi connectivity index (χ0v) is 8.75. The van der Waals surface area contributed by atoms with Crippen molar-refractivity contribution in [3.05, 3.63) is 0 Å². The summed E-state index contributed by atoms with van der Waals surface area (Å²) >= 11 is 3.89. The molecule has 1 aliphatic heterocycles. The first-order valence-electron chi connectivity index (χ1n) is 2.86. The Hall–Kier alpha value is 1.52. The third-order valence-electron chi connectivity index (χ3n) is 1.03. The Morgan fingerprint density at radius 1 is 1.70 bits per heavy atom. The largest absolute Gasteiger partial charge is 0.624 e. The second-order valence-electron chi connectivity index (χ2n) is 1.81. The van der Waals surface area contributed by atoms with Crippen molar-refractivity contribution in [3.8, 4) is 0 Å². The van der Waals surface area contributed by atoms with Crippen molar-refractivity contribution in [1.29, 1.82) is 0 Å². The van der Waals surface area contributed by atoms with E-state index in [9.17, 15) is 0 Å². The van der Waals surface area contributed by atoms with E-state index in [1.807, 2.05) is 0 Å². The molecule has 1 atom stereocenters. The minimum Gasteiger partial charge on any atom is -0.624 e. The Bertz CT molecular complexity index is 61.6. The molecule has 0 aromatic rings. The molecular weight excluding hydrogens is 297 g/mol. The average Bonchev–Trinajstić information content (AvgIpc) is 2.20. The molecule has 1 saturated heterocycles. The second kappa shape index (κ2) is 10.5. The van der Waals surface area contributed by atoms with Crippen molar-refractivity contribution >= 4 is 12.9 Å². The molecule has 0 amide bonds. The molecule has 0 saturated carbocycles. The van der Waals surface area contributed by atoms with E-state index in [0.717, 1.165) is 19.5 Å². The zero-order valence-electron chi connectivity index (χ0n) is 5.80. The van der Waals surface area contributed by atoms with Gasteiger partial charge in [-0.2, -0.15) is 0 Å². The summed E-state index contributed by atoms with van der Waals surface area (Å²) in [6.45, 7) is 1.78. The van der Waals surface area contributed by atoms with Gasteiger partial charge in [0.05, 0.1) is 6.10 Å². The van der Waals surface area contributed by atoms with Crippen LogP contribution in [0.3, 0.4) is 0 Å². The summed E-state index contributed by atoms with van der Waals surface area (Å²) in [5, 5.41) is 11.7. The molecule has 1 aliphatic rings. The van der Waals surface area contributed by atoms with Crippen LogP contribution in [0.25, 0.3) is 0 Å². The van der Waals surface area contributed by atoms with Crippen LogP contribution in [-0.4, -0.2) is 31.4 Å². The topological polar surface area (TPSA) is 41.5 Å². The van der Waals surface area contributed by atoms with Crippen LogP contribution in [0, 0.1) is 38.6 Å². The quantitative estimate of drug-likeness (QED) is 0.589. The number of hydrogen-bond donors (Lipinski definition) is 2. The van der Waals surface area contributed by atoms with Gasteiger partial charge < -0.3 is 27.5 Å². The van der Waals surface area contributed by atoms with Crippen molar-refractivity contribution in [2.45, 2.75) is 12.5 Å². The van der Waals surface area contributed by atoms with Crippen LogP contribution in [0.4, 0.5) is 0 Å². The van der Waals surface area contributed by atoms with Crippen molar-refractivity contribution in [2.75, 3.05) is 20.2 Å². The maximum atomic E-state index is 8.67. The van der Waals surface area contributed by atoms with Crippen LogP contribution in [0.2, 0.25) is 0 Å². The predicted octanol–water partition coefficient (Wildman–Crippen LogP) is -0.565. The standard InChI is InChI=1S/C4H9NO.CH4OS.Tb/c6-4-1-2-5-3-4;1-2-3;/h4-6H,1-3H2;3H,1H3;/p-1. The van der Waals surface area contributed by atoms with Crippen molar-refractivity contribution in [2.24, 2.45) is 0 Å². The molecule has 1 unspecified atom stereocenters. The first-order valence-corrected chi connectivity index (χ1v) is 3.19. The van der Waals surface area contributed by atoms with Gasteiger partial charge in [0, 0.05) is 52.3 Å². The summed E-state index contributed by atoms with van der Waals surface area (Å²) in [7, 11) is 1.44. The first kappa shape index (κ1) is 14.1. The normalized spacial score (nSPS) is 22.5. The minimum atomic E-state index is -0.0648. The second-order valence-corrected chi connectivity index (χ2v) is 2.15. The maximum absolute atomic E-state index is 8.67. The smallest absolute Gasteiger partial charge is 0.0676 e. The van der Waals surface area contributed by atoms with Gasteiger partial charge in [0.15, 0.2) is 0 Å². The number of hydrogen-bond acceptors (Lipinski definition) is 4. The van der Waals surface area contributed by atoms with Crippen LogP contribution in [-0.2, 0) is 17.1 Å². The van der Waals surface area contributed by atoms with E-state index >= 15 is 0 Å². The Labute approximate surface area is 98.0 Å². The molecule has 5 heteroatoms. The monoisotopic (exact) mass is 309 g/mol. The van der Waals surface area contributed by atoms with Crippen LogP contribution in [0.1, 0.15) is 6.42 Å². The van der Waals surface area contributed by atoms with Gasteiger partial charge in [-0.05, 0) is 13.0 Å². The van der Waals surface area contributed by atoms with Gasteiger partial charge in [0.25, 0.3) is 0 Å². The fraction of sp³-hybridized carbons (Fsp3) is 1.00. The van der Waals surface area contributed by atoms with E-state index in [-0.39, 0.29) is 44.7 Å². The molecule has 0 bridgehead atoms. The average molecular weight is 309 g/mol. The molecule has 0 aliphatic carbocycles. The van der Waals surface area contributed by atoms with Crippen LogP contribution in [0.15, 0.2) is 0 Å². The van der Waals surface area contributed by atoms with Gasteiger partial charge >= 0.3 is 0 Å². The van der Waals surface area contributed by atoms with E-state index in [1.54, 1.807) is 0 Å². The summed E-state index contributed by atoms with van der Waals surface area (Å²) in [6.07, 6.45) is 0.866. The first-order chi connectivity index (χ1) is 4.31. The van der Waals surface area contributed by atoms with E-state index in [1.165, 1.54) is 7.11 Å². The van der Waals surface area contributed by atoms with Gasteiger partial charge in [0.2, 0.25) is 0 Å². The molecule has 1 rings (SSSR count). The molecule has 10 heavy (non-hydrogen) atoms. The summed E-state index contributed by atoms with van der Waals surface area (Å²) in [6, 6.07) is 0. The van der Waals surface area contributed by atoms with E-state index in [2.05, 4.69) is 22.4 Å². The van der Waals surface area contributed by atoms with Crippen molar-refractivity contribution in [3.63, 3.8) is 0 Å². The molecule has 1 radical (unpaired) electrons. The molecule has 1 heterocycles. The zero-order chi connectivity index (χ0) is 7.11. The summed E-state index contributed by atoms with van der Waals surface area (Å²) in [5.41, 5.74) is 0. The third kappa shape index (κ3) is 9.52. The molecule has 0 aromatic carbocycles. The Balaban J connectivity index is 0. The molecule has 1 fully saturated rings. The molecule has 65 valence electrons. The molecule has 3 nitrogen and oxygen atoms in total. The van der Waals surface area contributed by atoms with Gasteiger partial charge in [-0.1, -0.05) is 0 Å². The van der Waals surface area contributed by atoms with Gasteiger partial charge in [-0.15, -0.1) is 0 Å². The Kier molecular flexibility index (Phi) is 14.8. The van der Waals surface area contributed by atoms with Gasteiger partial charge in [0.1, 0.15) is 0 Å². The SMILES string of the molecule is CO[S-].OC1CCNC1.[Tb]. The van der Waals surface area contributed by atoms with E-state index in [0.29, 0.717) is 0 Å². The van der Waals surface area contributed by atoms with Crippen molar-refractivity contribution in [1.82, 2.24) is 5.32 Å². The number of β-amino-alcohol motifs (C(OH)–C–C–N with tert-alkyl or cyclic N) is 1. The van der Waals surface area contributed by atoms with Gasteiger partial charge in [-0.3, -0.25) is 0 Å². The van der Waals surface area contributed by atoms with Gasteiger partial charge in [-0.25, -0.2) is 0 Å². The molecule has 0 aromatic heterocycles. The number of aliphatic hydroxyl groups excluding tert-OH is 1. The Morgan fingerprint density at radius 2 is 2.20 bits per heavy atom. The molecular formula is C5H12NO2STb-. The molecule has 0 spiro atoms. The van der Waals surface area contributed by atoms with E-state index < -0.39 is 0 Å². The third-order valence-corrected chi connectivity index (χ3v) is 1.03. The number of aliphatic hydroxyl groups is 1. The fourth-order valence-electron chi connectivity index (χ4n) is 0.639. The maximum Gasteiger partial charge on any atom is 0.0676 e. The number of nitrogens with one attached hydrogen (secondary N) is 1. The predicted molar refractivity (Wildman–Crippen MR) is 37.9 cm³/mol. The fourth-order valence-corrected chi connectivity index (χ4v) is 0.639.